The Morgan fingerprint density at radius 2 is 0.494 bits per heavy atom. The van der Waals surface area contributed by atoms with E-state index in [0.717, 1.165) is 96.3 Å². The van der Waals surface area contributed by atoms with Crippen LogP contribution >= 0.6 is 0 Å². The van der Waals surface area contributed by atoms with Gasteiger partial charge in [0.05, 0.1) is 0 Å². The molecule has 0 bridgehead atoms. The fraction of sp³-hybridized carbons (Fsp3) is 0.795. The average molecular weight is 1100 g/mol. The topological polar surface area (TPSA) is 78.9 Å². The molecule has 0 aromatic heterocycles. The Hall–Kier alpha value is -3.15. The van der Waals surface area contributed by atoms with Gasteiger partial charge in [0.1, 0.15) is 13.2 Å². The van der Waals surface area contributed by atoms with E-state index in [9.17, 15) is 14.4 Å². The van der Waals surface area contributed by atoms with Crippen molar-refractivity contribution in [2.75, 3.05) is 13.2 Å². The van der Waals surface area contributed by atoms with Gasteiger partial charge < -0.3 is 14.2 Å². The molecule has 0 saturated carbocycles. The van der Waals surface area contributed by atoms with E-state index in [1.165, 1.54) is 218 Å². The highest BCUT2D eigenvalue weighted by molar-refractivity contribution is 5.71. The Morgan fingerprint density at radius 1 is 0.266 bits per heavy atom. The summed E-state index contributed by atoms with van der Waals surface area (Å²) < 4.78 is 17.0. The van der Waals surface area contributed by atoms with Crippen molar-refractivity contribution < 1.29 is 28.6 Å². The van der Waals surface area contributed by atoms with Crippen molar-refractivity contribution >= 4 is 17.9 Å². The van der Waals surface area contributed by atoms with Crippen LogP contribution in [0.5, 0.6) is 0 Å². The summed E-state index contributed by atoms with van der Waals surface area (Å²) in [7, 11) is 0. The van der Waals surface area contributed by atoms with Crippen molar-refractivity contribution in [3.63, 3.8) is 0 Å². The molecule has 0 N–H and O–H groups in total. The number of hydrogen-bond acceptors (Lipinski definition) is 6. The number of allylic oxidation sites excluding steroid dienone is 12. The van der Waals surface area contributed by atoms with Gasteiger partial charge in [-0.3, -0.25) is 14.4 Å². The Kier molecular flexibility index (Phi) is 64.7. The molecule has 0 rings (SSSR count). The SMILES string of the molecule is CC/C=C\C/C=C\C/C=C\C/C=C\C/C=C\C/C=C\CCCCCCCCCCCCC(=O)OCC(COC(=O)CCCCCCCCCCCCCCC)OC(=O)CCCCCCCCCCCCCCCCCCCCC. The summed E-state index contributed by atoms with van der Waals surface area (Å²) in [4.78, 5) is 38.4. The minimum absolute atomic E-state index is 0.0705. The van der Waals surface area contributed by atoms with Gasteiger partial charge in [-0.2, -0.15) is 0 Å². The van der Waals surface area contributed by atoms with Gasteiger partial charge in [-0.1, -0.05) is 338 Å². The largest absolute Gasteiger partial charge is 0.462 e. The molecule has 6 nitrogen and oxygen atoms in total. The van der Waals surface area contributed by atoms with Crippen LogP contribution in [0.2, 0.25) is 0 Å². The van der Waals surface area contributed by atoms with Gasteiger partial charge in [0.2, 0.25) is 0 Å². The molecule has 0 heterocycles. The van der Waals surface area contributed by atoms with Crippen LogP contribution in [0.15, 0.2) is 72.9 Å². The van der Waals surface area contributed by atoms with Crippen LogP contribution < -0.4 is 0 Å². The van der Waals surface area contributed by atoms with E-state index in [2.05, 4.69) is 93.7 Å². The summed E-state index contributed by atoms with van der Waals surface area (Å²) in [5.41, 5.74) is 0. The quantitative estimate of drug-likeness (QED) is 0.0261. The Bertz CT molecular complexity index is 1450. The standard InChI is InChI=1S/C73H130O6/c1-4-7-10-13-16-19-22-25-27-29-31-32-33-34-35-36-37-38-39-40-42-43-45-48-51-54-57-60-63-66-72(75)78-69-70(68-77-71(74)65-62-59-56-53-50-47-24-21-18-15-12-9-6-3)79-73(76)67-64-61-58-55-52-49-46-44-41-30-28-26-23-20-17-14-11-8-5-2/h7,10,16,19,25,27,31-32,34-35,37-38,70H,4-6,8-9,11-15,17-18,20-24,26,28-30,33,36,39-69H2,1-3H3/b10-7-,19-16-,27-25-,32-31-,35-34-,38-37-. The van der Waals surface area contributed by atoms with Gasteiger partial charge in [0.15, 0.2) is 6.10 Å². The number of carbonyl (C=O) groups excluding carboxylic acids is 3. The number of ether oxygens (including phenoxy) is 3. The third-order valence-electron chi connectivity index (χ3n) is 15.2. The Morgan fingerprint density at radius 3 is 0.772 bits per heavy atom. The third-order valence-corrected chi connectivity index (χ3v) is 15.2. The van der Waals surface area contributed by atoms with Crippen molar-refractivity contribution in [2.45, 2.75) is 361 Å². The molecule has 6 heteroatoms. The number of esters is 3. The maximum atomic E-state index is 12.9. The molecule has 0 saturated heterocycles. The third kappa shape index (κ3) is 65.5. The molecule has 1 unspecified atom stereocenters. The van der Waals surface area contributed by atoms with Crippen LogP contribution in [0.3, 0.4) is 0 Å². The first kappa shape index (κ1) is 75.8. The van der Waals surface area contributed by atoms with E-state index in [1.54, 1.807) is 0 Å². The molecule has 0 amide bonds. The molecule has 0 spiro atoms. The minimum atomic E-state index is -0.774. The normalized spacial score (nSPS) is 12.5. The van der Waals surface area contributed by atoms with Crippen molar-refractivity contribution in [2.24, 2.45) is 0 Å². The van der Waals surface area contributed by atoms with E-state index in [0.29, 0.717) is 19.3 Å². The lowest BCUT2D eigenvalue weighted by Gasteiger charge is -2.18. The molecule has 0 aromatic carbocycles. The van der Waals surface area contributed by atoms with Gasteiger partial charge in [-0.15, -0.1) is 0 Å². The molecule has 0 aromatic rings. The summed E-state index contributed by atoms with van der Waals surface area (Å²) in [6.45, 7) is 6.58. The first-order valence-electron chi connectivity index (χ1n) is 34.4. The number of carbonyl (C=O) groups is 3. The summed E-state index contributed by atoms with van der Waals surface area (Å²) in [5.74, 6) is -0.852. The number of hydrogen-bond donors (Lipinski definition) is 0. The van der Waals surface area contributed by atoms with Gasteiger partial charge in [-0.25, -0.2) is 0 Å². The number of rotatable bonds is 63. The molecule has 79 heavy (non-hydrogen) atoms. The Labute approximate surface area is 491 Å². The molecule has 0 aliphatic heterocycles. The second-order valence-corrected chi connectivity index (χ2v) is 23.1. The van der Waals surface area contributed by atoms with Gasteiger partial charge in [0, 0.05) is 19.3 Å². The van der Waals surface area contributed by atoms with Crippen LogP contribution in [-0.4, -0.2) is 37.2 Å². The predicted octanol–water partition coefficient (Wildman–Crippen LogP) is 23.7. The lowest BCUT2D eigenvalue weighted by atomic mass is 10.0. The molecular weight excluding hydrogens is 973 g/mol. The van der Waals surface area contributed by atoms with E-state index >= 15 is 0 Å². The fourth-order valence-corrected chi connectivity index (χ4v) is 10.1. The van der Waals surface area contributed by atoms with E-state index in [4.69, 9.17) is 14.2 Å². The monoisotopic (exact) mass is 1100 g/mol. The molecular formula is C73H130O6. The van der Waals surface area contributed by atoms with Gasteiger partial charge in [-0.05, 0) is 70.6 Å². The second-order valence-electron chi connectivity index (χ2n) is 23.1. The van der Waals surface area contributed by atoms with E-state index in [1.807, 2.05) is 0 Å². The summed E-state index contributed by atoms with van der Waals surface area (Å²) in [6, 6.07) is 0. The molecule has 0 aliphatic carbocycles. The molecule has 458 valence electrons. The highest BCUT2D eigenvalue weighted by Crippen LogP contribution is 2.18. The van der Waals surface area contributed by atoms with Crippen LogP contribution in [0.25, 0.3) is 0 Å². The minimum Gasteiger partial charge on any atom is -0.462 e. The summed E-state index contributed by atoms with van der Waals surface area (Å²) in [6.07, 6.45) is 87.7. The van der Waals surface area contributed by atoms with Crippen molar-refractivity contribution in [3.05, 3.63) is 72.9 Å². The maximum Gasteiger partial charge on any atom is 0.306 e. The molecule has 1 atom stereocenters. The van der Waals surface area contributed by atoms with Crippen molar-refractivity contribution in [3.8, 4) is 0 Å². The molecule has 0 fully saturated rings. The van der Waals surface area contributed by atoms with Crippen LogP contribution in [0, 0.1) is 0 Å². The van der Waals surface area contributed by atoms with Crippen molar-refractivity contribution in [1.82, 2.24) is 0 Å². The highest BCUT2D eigenvalue weighted by atomic mass is 16.6. The Balaban J connectivity index is 4.25. The zero-order valence-corrected chi connectivity index (χ0v) is 52.6. The smallest absolute Gasteiger partial charge is 0.306 e. The maximum absolute atomic E-state index is 12.9. The molecule has 0 aliphatic rings. The van der Waals surface area contributed by atoms with E-state index < -0.39 is 6.10 Å². The lowest BCUT2D eigenvalue weighted by Crippen LogP contribution is -2.30. The van der Waals surface area contributed by atoms with Gasteiger partial charge >= 0.3 is 17.9 Å². The van der Waals surface area contributed by atoms with Gasteiger partial charge in [0.25, 0.3) is 0 Å². The van der Waals surface area contributed by atoms with Crippen LogP contribution in [-0.2, 0) is 28.6 Å². The lowest BCUT2D eigenvalue weighted by molar-refractivity contribution is -0.167. The first-order valence-corrected chi connectivity index (χ1v) is 34.4. The predicted molar refractivity (Wildman–Crippen MR) is 344 cm³/mol. The average Bonchev–Trinajstić information content (AvgIpc) is 3.45. The fourth-order valence-electron chi connectivity index (χ4n) is 10.1. The van der Waals surface area contributed by atoms with Crippen LogP contribution in [0.1, 0.15) is 355 Å². The summed E-state index contributed by atoms with van der Waals surface area (Å²) in [5, 5.41) is 0. The highest BCUT2D eigenvalue weighted by Gasteiger charge is 2.19. The zero-order chi connectivity index (χ0) is 57.1. The van der Waals surface area contributed by atoms with Crippen LogP contribution in [0.4, 0.5) is 0 Å². The zero-order valence-electron chi connectivity index (χ0n) is 52.6. The summed E-state index contributed by atoms with van der Waals surface area (Å²) >= 11 is 0. The number of unbranched alkanes of at least 4 members (excludes halogenated alkanes) is 40. The van der Waals surface area contributed by atoms with E-state index in [-0.39, 0.29) is 31.1 Å². The first-order chi connectivity index (χ1) is 39.0. The molecule has 0 radical (unpaired) electrons. The van der Waals surface area contributed by atoms with Crippen molar-refractivity contribution in [1.29, 1.82) is 0 Å². The second kappa shape index (κ2) is 67.4.